The molecule has 17 heteroatoms. The van der Waals surface area contributed by atoms with Gasteiger partial charge in [-0.25, -0.2) is 4.98 Å². The van der Waals surface area contributed by atoms with E-state index in [0.717, 1.165) is 65.1 Å². The lowest BCUT2D eigenvalue weighted by atomic mass is 9.85. The van der Waals surface area contributed by atoms with Crippen LogP contribution in [0.25, 0.3) is 26.6 Å². The number of esters is 1. The Hall–Kier alpha value is -6.56. The van der Waals surface area contributed by atoms with Gasteiger partial charge in [0, 0.05) is 29.0 Å². The number of benzene rings is 3. The zero-order valence-corrected chi connectivity index (χ0v) is 41.3. The van der Waals surface area contributed by atoms with Crippen LogP contribution in [-0.4, -0.2) is 97.6 Å². The number of carbonyl (C=O) groups excluding carboxylic acids is 4. The van der Waals surface area contributed by atoms with Crippen molar-refractivity contribution in [2.24, 2.45) is 10.4 Å². The Balaban J connectivity index is 0.930. The van der Waals surface area contributed by atoms with Gasteiger partial charge in [0.1, 0.15) is 34.7 Å². The van der Waals surface area contributed by atoms with Crippen molar-refractivity contribution in [1.82, 2.24) is 35.3 Å². The summed E-state index contributed by atoms with van der Waals surface area (Å²) in [4.78, 5) is 67.3. The summed E-state index contributed by atoms with van der Waals surface area (Å²) in [6.07, 6.45) is -0.817. The predicted molar refractivity (Wildman–Crippen MR) is 262 cm³/mol. The maximum absolute atomic E-state index is 14.3. The molecule has 0 aliphatic carbocycles. The third-order valence-corrected chi connectivity index (χ3v) is 14.8. The lowest BCUT2D eigenvalue weighted by Gasteiger charge is -2.35. The zero-order chi connectivity index (χ0) is 48.6. The summed E-state index contributed by atoms with van der Waals surface area (Å²) in [5, 5.41) is 26.4. The van der Waals surface area contributed by atoms with E-state index in [1.165, 1.54) is 12.0 Å². The van der Waals surface area contributed by atoms with Crippen molar-refractivity contribution in [3.63, 3.8) is 0 Å². The van der Waals surface area contributed by atoms with Crippen molar-refractivity contribution in [3.05, 3.63) is 123 Å². The molecule has 3 N–H and O–H groups in total. The van der Waals surface area contributed by atoms with Gasteiger partial charge in [-0.05, 0) is 80.0 Å². The van der Waals surface area contributed by atoms with E-state index < -0.39 is 47.4 Å². The number of carbonyl (C=O) groups is 4. The van der Waals surface area contributed by atoms with E-state index in [1.807, 2.05) is 118 Å². The molecule has 68 heavy (non-hydrogen) atoms. The second-order valence-electron chi connectivity index (χ2n) is 18.5. The first kappa shape index (κ1) is 47.9. The monoisotopic (exact) mass is 956 g/mol. The van der Waals surface area contributed by atoms with Crippen LogP contribution in [0, 0.1) is 33.1 Å². The Morgan fingerprint density at radius 1 is 0.912 bits per heavy atom. The third-order valence-electron chi connectivity index (χ3n) is 12.6. The van der Waals surface area contributed by atoms with Crippen LogP contribution in [0.4, 0.5) is 0 Å². The summed E-state index contributed by atoms with van der Waals surface area (Å²) in [6.45, 7) is 15.0. The van der Waals surface area contributed by atoms with Crippen molar-refractivity contribution in [1.29, 1.82) is 0 Å². The number of aryl methyl sites for hydroxylation is 3. The molecule has 5 heterocycles. The highest BCUT2D eigenvalue weighted by Gasteiger charge is 2.45. The number of aliphatic imine (C=N–C) groups is 1. The maximum atomic E-state index is 14.3. The summed E-state index contributed by atoms with van der Waals surface area (Å²) in [6, 6.07) is 20.4. The Kier molecular flexibility index (Phi) is 13.8. The van der Waals surface area contributed by atoms with Gasteiger partial charge in [0.15, 0.2) is 12.4 Å². The number of likely N-dealkylation sites (tertiary alicyclic amines) is 1. The first-order valence-electron chi connectivity index (χ1n) is 22.5. The number of β-amino-alcohol motifs (C(OH)–C–C–N with tert-alkyl or cyclic N) is 1. The number of fused-ring (bicyclic) bond motifs is 3. The number of aliphatic hydroxyl groups excluding tert-OH is 1. The molecule has 3 aromatic heterocycles. The van der Waals surface area contributed by atoms with Crippen molar-refractivity contribution < 1.29 is 33.8 Å². The largest absolute Gasteiger partial charge is 0.484 e. The van der Waals surface area contributed by atoms with Crippen LogP contribution in [0.5, 0.6) is 5.75 Å². The number of hydrogen-bond acceptors (Lipinski definition) is 13. The number of nitrogens with zero attached hydrogens (tertiary/aromatic N) is 6. The van der Waals surface area contributed by atoms with Crippen LogP contribution in [-0.2, 0) is 23.9 Å². The molecule has 0 bridgehead atoms. The fraction of sp³-hybridized carbons (Fsp3) is 0.373. The number of hydrogen-bond donors (Lipinski definition) is 3. The molecule has 0 unspecified atom stereocenters. The molecule has 6 aromatic rings. The number of ether oxygens (including phenoxy) is 2. The minimum atomic E-state index is -1.02. The van der Waals surface area contributed by atoms with Gasteiger partial charge in [0.25, 0.3) is 5.91 Å². The lowest BCUT2D eigenvalue weighted by Crippen LogP contribution is -2.58. The lowest BCUT2D eigenvalue weighted by molar-refractivity contribution is -0.144. The number of amides is 3. The summed E-state index contributed by atoms with van der Waals surface area (Å²) in [5.41, 5.74) is 9.38. The van der Waals surface area contributed by atoms with Crippen LogP contribution in [0.15, 0.2) is 83.3 Å². The van der Waals surface area contributed by atoms with E-state index >= 15 is 0 Å². The van der Waals surface area contributed by atoms with Crippen molar-refractivity contribution >= 4 is 52.1 Å². The first-order chi connectivity index (χ1) is 32.4. The van der Waals surface area contributed by atoms with Gasteiger partial charge in [-0.15, -0.1) is 32.9 Å². The average Bonchev–Trinajstić information content (AvgIpc) is 4.09. The number of aliphatic hydroxyl groups is 1. The van der Waals surface area contributed by atoms with Gasteiger partial charge in [-0.3, -0.25) is 28.7 Å². The molecular formula is C51H56N8O7S2. The van der Waals surface area contributed by atoms with Gasteiger partial charge >= 0.3 is 5.97 Å². The van der Waals surface area contributed by atoms with Crippen LogP contribution < -0.4 is 15.4 Å². The number of nitrogens with one attached hydrogen (secondary N) is 2. The smallest absolute Gasteiger partial charge is 0.308 e. The molecule has 354 valence electrons. The topological polar surface area (TPSA) is 190 Å². The molecule has 0 spiro atoms. The Bertz CT molecular complexity index is 2900. The van der Waals surface area contributed by atoms with Crippen LogP contribution in [0.1, 0.15) is 97.1 Å². The Morgan fingerprint density at radius 2 is 1.62 bits per heavy atom. The molecule has 5 atom stereocenters. The fourth-order valence-corrected chi connectivity index (χ4v) is 10.7. The van der Waals surface area contributed by atoms with E-state index in [2.05, 4.69) is 39.7 Å². The number of rotatable bonds is 13. The van der Waals surface area contributed by atoms with E-state index in [-0.39, 0.29) is 37.9 Å². The maximum Gasteiger partial charge on any atom is 0.308 e. The molecule has 3 amide bonds. The molecular weight excluding hydrogens is 901 g/mol. The molecule has 3 aromatic carbocycles. The van der Waals surface area contributed by atoms with Gasteiger partial charge in [0.2, 0.25) is 11.8 Å². The number of thiazole rings is 1. The zero-order valence-electron chi connectivity index (χ0n) is 39.6. The second kappa shape index (κ2) is 19.6. The van der Waals surface area contributed by atoms with Gasteiger partial charge in [0.05, 0.1) is 47.5 Å². The predicted octanol–water partition coefficient (Wildman–Crippen LogP) is 7.56. The molecule has 0 radical (unpaired) electrons. The standard InChI is InChI=1S/C51H56N8O7S2/c1-27-30(4)68-50-43(27)44(54-39(23-42(62)65-9)47-57-56-31(5)59(47)50)34-17-15-33(16-18-34)36-11-10-12-38(21-36)66-25-41(61)55-46(51(6,7)8)49(64)58-24-37(60)22-40(58)48(63)53-28(2)32-13-19-35(20-14-32)45-29(3)52-26-67-45/h10-21,26,28,37,39-40,46,60H,22-25H2,1-9H3,(H,53,63)(H,55,61)/t28-,37+,39-,40-,46+/m0/s1. The van der Waals surface area contributed by atoms with E-state index in [9.17, 15) is 24.3 Å². The number of aromatic nitrogens is 4. The van der Waals surface area contributed by atoms with Crippen molar-refractivity contribution in [2.75, 3.05) is 20.3 Å². The SMILES string of the molecule is COC(=O)C[C@@H]1N=C(c2ccc(-c3cccc(OCC(=O)N[C@H](C(=O)N4C[C@H](O)C[C@H]4C(=O)N[C@@H](C)c4ccc(-c5scnc5C)cc4)C(C)(C)C)c3)cc2)c2c(sc(C)c2C)-n2c(C)nnc21. The summed E-state index contributed by atoms with van der Waals surface area (Å²) < 4.78 is 13.0. The molecule has 8 rings (SSSR count). The highest BCUT2D eigenvalue weighted by Crippen LogP contribution is 2.40. The minimum Gasteiger partial charge on any atom is -0.484 e. The van der Waals surface area contributed by atoms with E-state index in [1.54, 1.807) is 28.7 Å². The van der Waals surface area contributed by atoms with Crippen molar-refractivity contribution in [3.8, 4) is 32.3 Å². The van der Waals surface area contributed by atoms with Crippen LogP contribution in [0.3, 0.4) is 0 Å². The number of thiophene rings is 1. The highest BCUT2D eigenvalue weighted by atomic mass is 32.1. The van der Waals surface area contributed by atoms with Crippen molar-refractivity contribution in [2.45, 2.75) is 98.5 Å². The molecule has 0 saturated carbocycles. The fourth-order valence-electron chi connectivity index (χ4n) is 8.72. The van der Waals surface area contributed by atoms with E-state index in [4.69, 9.17) is 14.5 Å². The second-order valence-corrected chi connectivity index (χ2v) is 20.5. The van der Waals surface area contributed by atoms with Crippen LogP contribution >= 0.6 is 22.7 Å². The highest BCUT2D eigenvalue weighted by molar-refractivity contribution is 7.15. The van der Waals surface area contributed by atoms with Gasteiger partial charge in [-0.1, -0.05) is 81.4 Å². The van der Waals surface area contributed by atoms with Gasteiger partial charge in [-0.2, -0.15) is 0 Å². The molecule has 15 nitrogen and oxygen atoms in total. The Morgan fingerprint density at radius 3 is 2.29 bits per heavy atom. The van der Waals surface area contributed by atoms with Gasteiger partial charge < -0.3 is 30.1 Å². The minimum absolute atomic E-state index is 0.00847. The normalized spacial score (nSPS) is 17.6. The average molecular weight is 957 g/mol. The summed E-state index contributed by atoms with van der Waals surface area (Å²) in [5.74, 6) is -0.0144. The summed E-state index contributed by atoms with van der Waals surface area (Å²) in [7, 11) is 1.36. The summed E-state index contributed by atoms with van der Waals surface area (Å²) >= 11 is 3.21. The first-order valence-corrected chi connectivity index (χ1v) is 24.2. The van der Waals surface area contributed by atoms with Crippen LogP contribution in [0.2, 0.25) is 0 Å². The quantitative estimate of drug-likeness (QED) is 0.0975. The molecule has 2 aliphatic rings. The molecule has 1 saturated heterocycles. The van der Waals surface area contributed by atoms with E-state index in [0.29, 0.717) is 17.4 Å². The Labute approximate surface area is 403 Å². The third kappa shape index (κ3) is 9.87. The molecule has 1 fully saturated rings. The number of methoxy groups -OCH3 is 1. The molecule has 2 aliphatic heterocycles.